The van der Waals surface area contributed by atoms with Crippen molar-refractivity contribution in [1.82, 2.24) is 4.90 Å². The maximum absolute atomic E-state index is 9.62. The number of hydrogen-bond donors (Lipinski definition) is 1. The molecule has 0 radical (unpaired) electrons. The molecule has 1 N–H and O–H groups in total. The fourth-order valence-corrected chi connectivity index (χ4v) is 1.83. The Bertz CT molecular complexity index is 198. The standard InChI is InChI=1S/C10H18N2O/c1-8(2)12-6-4-10(13)9(7-12)3-5-11/h8-10,13H,3-4,6-7H2,1-2H3. The third kappa shape index (κ3) is 2.68. The van der Waals surface area contributed by atoms with E-state index in [4.69, 9.17) is 5.26 Å². The van der Waals surface area contributed by atoms with Crippen LogP contribution in [-0.2, 0) is 0 Å². The number of rotatable bonds is 2. The number of nitrogens with zero attached hydrogens (tertiary/aromatic N) is 2. The molecule has 0 aliphatic carbocycles. The lowest BCUT2D eigenvalue weighted by molar-refractivity contribution is 0.0174. The zero-order chi connectivity index (χ0) is 9.84. The fourth-order valence-electron chi connectivity index (χ4n) is 1.83. The number of nitriles is 1. The molecule has 0 aromatic carbocycles. The minimum absolute atomic E-state index is 0.154. The highest BCUT2D eigenvalue weighted by Gasteiger charge is 2.28. The quantitative estimate of drug-likeness (QED) is 0.692. The third-order valence-electron chi connectivity index (χ3n) is 2.81. The molecule has 1 heterocycles. The summed E-state index contributed by atoms with van der Waals surface area (Å²) in [6, 6.07) is 2.66. The molecule has 1 fully saturated rings. The molecule has 2 unspecified atom stereocenters. The van der Waals surface area contributed by atoms with Crippen molar-refractivity contribution in [1.29, 1.82) is 5.26 Å². The van der Waals surface area contributed by atoms with E-state index in [2.05, 4.69) is 24.8 Å². The molecule has 0 saturated carbocycles. The normalized spacial score (nSPS) is 30.4. The van der Waals surface area contributed by atoms with Gasteiger partial charge in [-0.3, -0.25) is 0 Å². The lowest BCUT2D eigenvalue weighted by Crippen LogP contribution is -2.45. The summed E-state index contributed by atoms with van der Waals surface area (Å²) in [5.41, 5.74) is 0. The Kier molecular flexibility index (Phi) is 3.71. The molecular formula is C10H18N2O. The molecule has 3 nitrogen and oxygen atoms in total. The van der Waals surface area contributed by atoms with Gasteiger partial charge in [0.25, 0.3) is 0 Å². The van der Waals surface area contributed by atoms with Crippen LogP contribution in [0.4, 0.5) is 0 Å². The van der Waals surface area contributed by atoms with Crippen molar-refractivity contribution in [2.24, 2.45) is 5.92 Å². The minimum Gasteiger partial charge on any atom is -0.393 e. The van der Waals surface area contributed by atoms with Gasteiger partial charge in [0.15, 0.2) is 0 Å². The van der Waals surface area contributed by atoms with Crippen LogP contribution in [0.5, 0.6) is 0 Å². The van der Waals surface area contributed by atoms with Crippen LogP contribution >= 0.6 is 0 Å². The van der Waals surface area contributed by atoms with Crippen molar-refractivity contribution >= 4 is 0 Å². The van der Waals surface area contributed by atoms with Crippen molar-refractivity contribution in [3.8, 4) is 6.07 Å². The maximum atomic E-state index is 9.62. The summed E-state index contributed by atoms with van der Waals surface area (Å²) in [4.78, 5) is 2.33. The van der Waals surface area contributed by atoms with Gasteiger partial charge in [0.1, 0.15) is 0 Å². The van der Waals surface area contributed by atoms with Crippen LogP contribution in [0.1, 0.15) is 26.7 Å². The number of hydrogen-bond acceptors (Lipinski definition) is 3. The van der Waals surface area contributed by atoms with E-state index in [0.717, 1.165) is 19.5 Å². The molecule has 0 aromatic rings. The first-order valence-electron chi connectivity index (χ1n) is 4.94. The predicted molar refractivity (Wildman–Crippen MR) is 51.1 cm³/mol. The lowest BCUT2D eigenvalue weighted by atomic mass is 9.91. The highest BCUT2D eigenvalue weighted by Crippen LogP contribution is 2.21. The van der Waals surface area contributed by atoms with Gasteiger partial charge in [-0.15, -0.1) is 0 Å². The van der Waals surface area contributed by atoms with E-state index in [1.165, 1.54) is 0 Å². The van der Waals surface area contributed by atoms with E-state index in [0.29, 0.717) is 12.5 Å². The summed E-state index contributed by atoms with van der Waals surface area (Å²) >= 11 is 0. The molecule has 0 aromatic heterocycles. The van der Waals surface area contributed by atoms with Crippen LogP contribution in [0.3, 0.4) is 0 Å². The Hall–Kier alpha value is -0.590. The van der Waals surface area contributed by atoms with E-state index in [9.17, 15) is 5.11 Å². The number of likely N-dealkylation sites (tertiary alicyclic amines) is 1. The summed E-state index contributed by atoms with van der Waals surface area (Å²) < 4.78 is 0. The second-order valence-electron chi connectivity index (χ2n) is 4.07. The second-order valence-corrected chi connectivity index (χ2v) is 4.07. The average molecular weight is 182 g/mol. The smallest absolute Gasteiger partial charge is 0.0626 e. The van der Waals surface area contributed by atoms with Crippen LogP contribution < -0.4 is 0 Å². The first kappa shape index (κ1) is 10.5. The van der Waals surface area contributed by atoms with Gasteiger partial charge in [0, 0.05) is 31.5 Å². The molecule has 1 aliphatic heterocycles. The van der Waals surface area contributed by atoms with Crippen LogP contribution in [0, 0.1) is 17.2 Å². The summed E-state index contributed by atoms with van der Waals surface area (Å²) in [5, 5.41) is 18.2. The molecule has 74 valence electrons. The van der Waals surface area contributed by atoms with Gasteiger partial charge < -0.3 is 10.0 Å². The van der Waals surface area contributed by atoms with Crippen molar-refractivity contribution in [2.75, 3.05) is 13.1 Å². The fraction of sp³-hybridized carbons (Fsp3) is 0.900. The number of aliphatic hydroxyl groups excluding tert-OH is 1. The van der Waals surface area contributed by atoms with Crippen LogP contribution in [0.25, 0.3) is 0 Å². The summed E-state index contributed by atoms with van der Waals surface area (Å²) in [7, 11) is 0. The molecular weight excluding hydrogens is 164 g/mol. The molecule has 1 saturated heterocycles. The molecule has 13 heavy (non-hydrogen) atoms. The molecule has 0 amide bonds. The van der Waals surface area contributed by atoms with Gasteiger partial charge in [0.05, 0.1) is 12.2 Å². The van der Waals surface area contributed by atoms with Crippen LogP contribution in [0.2, 0.25) is 0 Å². The van der Waals surface area contributed by atoms with Crippen LogP contribution in [-0.4, -0.2) is 35.2 Å². The first-order chi connectivity index (χ1) is 6.15. The van der Waals surface area contributed by atoms with Gasteiger partial charge >= 0.3 is 0 Å². The zero-order valence-corrected chi connectivity index (χ0v) is 8.40. The minimum atomic E-state index is -0.269. The summed E-state index contributed by atoms with van der Waals surface area (Å²) in [6.07, 6.45) is 1.02. The molecule has 0 bridgehead atoms. The van der Waals surface area contributed by atoms with Gasteiger partial charge in [-0.05, 0) is 20.3 Å². The van der Waals surface area contributed by atoms with Crippen LogP contribution in [0.15, 0.2) is 0 Å². The Morgan fingerprint density at radius 3 is 2.85 bits per heavy atom. The van der Waals surface area contributed by atoms with Crippen molar-refractivity contribution in [3.05, 3.63) is 0 Å². The Morgan fingerprint density at radius 1 is 1.62 bits per heavy atom. The first-order valence-corrected chi connectivity index (χ1v) is 4.94. The molecule has 0 spiro atoms. The molecule has 1 rings (SSSR count). The van der Waals surface area contributed by atoms with E-state index >= 15 is 0 Å². The van der Waals surface area contributed by atoms with Gasteiger partial charge in [-0.25, -0.2) is 0 Å². The monoisotopic (exact) mass is 182 g/mol. The largest absolute Gasteiger partial charge is 0.393 e. The van der Waals surface area contributed by atoms with Gasteiger partial charge in [0.2, 0.25) is 0 Å². The Labute approximate surface area is 80.0 Å². The van der Waals surface area contributed by atoms with Gasteiger partial charge in [-0.2, -0.15) is 5.26 Å². The molecule has 1 aliphatic rings. The maximum Gasteiger partial charge on any atom is 0.0626 e. The van der Waals surface area contributed by atoms with Crippen molar-refractivity contribution in [2.45, 2.75) is 38.8 Å². The van der Waals surface area contributed by atoms with E-state index in [1.807, 2.05) is 0 Å². The van der Waals surface area contributed by atoms with E-state index < -0.39 is 0 Å². The zero-order valence-electron chi connectivity index (χ0n) is 8.40. The molecule has 2 atom stereocenters. The number of aliphatic hydroxyl groups is 1. The summed E-state index contributed by atoms with van der Waals surface area (Å²) in [5.74, 6) is 0.154. The van der Waals surface area contributed by atoms with E-state index in [-0.39, 0.29) is 12.0 Å². The van der Waals surface area contributed by atoms with Crippen molar-refractivity contribution in [3.63, 3.8) is 0 Å². The highest BCUT2D eigenvalue weighted by atomic mass is 16.3. The van der Waals surface area contributed by atoms with E-state index in [1.54, 1.807) is 0 Å². The number of piperidine rings is 1. The predicted octanol–water partition coefficient (Wildman–Crippen LogP) is 0.991. The third-order valence-corrected chi connectivity index (χ3v) is 2.81. The Balaban J connectivity index is 2.48. The lowest BCUT2D eigenvalue weighted by Gasteiger charge is -2.37. The second kappa shape index (κ2) is 4.59. The highest BCUT2D eigenvalue weighted by molar-refractivity contribution is 4.87. The Morgan fingerprint density at radius 2 is 2.31 bits per heavy atom. The van der Waals surface area contributed by atoms with Gasteiger partial charge in [-0.1, -0.05) is 0 Å². The SMILES string of the molecule is CC(C)N1CCC(O)C(CC#N)C1. The van der Waals surface area contributed by atoms with Crippen molar-refractivity contribution < 1.29 is 5.11 Å². The summed E-state index contributed by atoms with van der Waals surface area (Å²) in [6.45, 7) is 6.13. The molecule has 3 heteroatoms. The topological polar surface area (TPSA) is 47.3 Å². The average Bonchev–Trinajstić information content (AvgIpc) is 2.08.